The summed E-state index contributed by atoms with van der Waals surface area (Å²) < 4.78 is 54.6. The van der Waals surface area contributed by atoms with E-state index >= 15 is 0 Å². The van der Waals surface area contributed by atoms with Gasteiger partial charge in [0.05, 0.1) is 10.6 Å². The van der Waals surface area contributed by atoms with Gasteiger partial charge in [-0.25, -0.2) is 21.9 Å². The van der Waals surface area contributed by atoms with E-state index in [4.69, 9.17) is 0 Å². The molecule has 0 bridgehead atoms. The van der Waals surface area contributed by atoms with Crippen molar-refractivity contribution in [2.75, 3.05) is 26.2 Å². The fourth-order valence-electron chi connectivity index (χ4n) is 3.24. The van der Waals surface area contributed by atoms with Crippen molar-refractivity contribution in [3.63, 3.8) is 0 Å². The van der Waals surface area contributed by atoms with Gasteiger partial charge in [0.15, 0.2) is 17.3 Å². The van der Waals surface area contributed by atoms with Crippen LogP contribution in [0.4, 0.5) is 8.78 Å². The molecule has 0 radical (unpaired) electrons. The summed E-state index contributed by atoms with van der Waals surface area (Å²) in [4.78, 5) is 13.9. The summed E-state index contributed by atoms with van der Waals surface area (Å²) in [7, 11) is -3.98. The lowest BCUT2D eigenvalue weighted by Gasteiger charge is -2.33. The molecule has 7 nitrogen and oxygen atoms in total. The molecule has 0 atom stereocenters. The number of nitrogens with zero attached hydrogens (tertiary/aromatic N) is 4. The lowest BCUT2D eigenvalue weighted by atomic mass is 10.3. The van der Waals surface area contributed by atoms with Crippen molar-refractivity contribution >= 4 is 15.9 Å². The molecule has 30 heavy (non-hydrogen) atoms. The minimum Gasteiger partial charge on any atom is -0.335 e. The van der Waals surface area contributed by atoms with Crippen LogP contribution in [0.1, 0.15) is 10.5 Å². The maximum absolute atomic E-state index is 13.4. The van der Waals surface area contributed by atoms with Gasteiger partial charge in [-0.05, 0) is 36.4 Å². The summed E-state index contributed by atoms with van der Waals surface area (Å²) >= 11 is 0. The normalized spacial score (nSPS) is 15.3. The van der Waals surface area contributed by atoms with Crippen LogP contribution in [0, 0.1) is 11.6 Å². The Morgan fingerprint density at radius 1 is 0.900 bits per heavy atom. The summed E-state index contributed by atoms with van der Waals surface area (Å²) in [5.41, 5.74) is 1.08. The van der Waals surface area contributed by atoms with E-state index in [2.05, 4.69) is 5.10 Å². The lowest BCUT2D eigenvalue weighted by molar-refractivity contribution is 0.0691. The van der Waals surface area contributed by atoms with Crippen LogP contribution >= 0.6 is 0 Å². The number of sulfonamides is 1. The summed E-state index contributed by atoms with van der Waals surface area (Å²) in [6.45, 7) is 0.429. The highest BCUT2D eigenvalue weighted by atomic mass is 32.2. The second-order valence-electron chi connectivity index (χ2n) is 6.75. The number of hydrogen-bond acceptors (Lipinski definition) is 4. The van der Waals surface area contributed by atoms with E-state index in [0.29, 0.717) is 6.07 Å². The van der Waals surface area contributed by atoms with Gasteiger partial charge in [-0.1, -0.05) is 18.2 Å². The van der Waals surface area contributed by atoms with Gasteiger partial charge in [-0.3, -0.25) is 4.79 Å². The van der Waals surface area contributed by atoms with Gasteiger partial charge in [-0.2, -0.15) is 9.40 Å². The molecule has 0 saturated carbocycles. The number of halogens is 2. The Labute approximate surface area is 172 Å². The van der Waals surface area contributed by atoms with E-state index in [1.54, 1.807) is 16.9 Å². The first-order chi connectivity index (χ1) is 14.4. The second-order valence-corrected chi connectivity index (χ2v) is 8.69. The van der Waals surface area contributed by atoms with Crippen molar-refractivity contribution in [2.24, 2.45) is 0 Å². The second kappa shape index (κ2) is 7.96. The molecule has 0 aliphatic carbocycles. The summed E-state index contributed by atoms with van der Waals surface area (Å²) in [6.07, 6.45) is 1.69. The van der Waals surface area contributed by atoms with E-state index in [0.717, 1.165) is 22.1 Å². The topological polar surface area (TPSA) is 75.5 Å². The van der Waals surface area contributed by atoms with Crippen LogP contribution in [-0.4, -0.2) is 59.5 Å². The van der Waals surface area contributed by atoms with Gasteiger partial charge < -0.3 is 4.90 Å². The molecule has 0 N–H and O–H groups in total. The SMILES string of the molecule is O=C(c1ccn(-c2ccccc2)n1)N1CCN(S(=O)(=O)c2ccc(F)c(F)c2)CC1. The number of piperazine rings is 1. The molecule has 2 aromatic carbocycles. The van der Waals surface area contributed by atoms with Gasteiger partial charge >= 0.3 is 0 Å². The van der Waals surface area contributed by atoms with E-state index in [1.165, 1.54) is 4.90 Å². The predicted molar refractivity (Wildman–Crippen MR) is 105 cm³/mol. The van der Waals surface area contributed by atoms with Gasteiger partial charge in [0, 0.05) is 32.4 Å². The number of para-hydroxylation sites is 1. The third kappa shape index (κ3) is 3.83. The Balaban J connectivity index is 1.43. The molecule has 1 amide bonds. The zero-order valence-corrected chi connectivity index (χ0v) is 16.6. The number of amides is 1. The minimum absolute atomic E-state index is 0.0481. The first kappa shape index (κ1) is 20.2. The average Bonchev–Trinajstić information content (AvgIpc) is 3.26. The molecule has 1 fully saturated rings. The van der Waals surface area contributed by atoms with Crippen LogP contribution in [0.2, 0.25) is 0 Å². The van der Waals surface area contributed by atoms with Crippen LogP contribution in [0.5, 0.6) is 0 Å². The lowest BCUT2D eigenvalue weighted by Crippen LogP contribution is -2.50. The Kier molecular flexibility index (Phi) is 5.35. The first-order valence-electron chi connectivity index (χ1n) is 9.22. The van der Waals surface area contributed by atoms with Crippen molar-refractivity contribution in [2.45, 2.75) is 4.90 Å². The van der Waals surface area contributed by atoms with Crippen molar-refractivity contribution in [1.82, 2.24) is 19.0 Å². The molecule has 3 aromatic rings. The highest BCUT2D eigenvalue weighted by Crippen LogP contribution is 2.20. The number of hydrogen-bond donors (Lipinski definition) is 0. The fourth-order valence-corrected chi connectivity index (χ4v) is 4.68. The Morgan fingerprint density at radius 3 is 2.27 bits per heavy atom. The predicted octanol–water partition coefficient (Wildman–Crippen LogP) is 2.30. The zero-order chi connectivity index (χ0) is 21.3. The standard InChI is InChI=1S/C20H18F2N4O3S/c21-17-7-6-16(14-18(17)22)30(28,29)25-12-10-24(11-13-25)20(27)19-8-9-26(23-19)15-4-2-1-3-5-15/h1-9,14H,10-13H2. The number of carbonyl (C=O) groups excluding carboxylic acids is 1. The van der Waals surface area contributed by atoms with Gasteiger partial charge in [0.1, 0.15) is 0 Å². The number of carbonyl (C=O) groups is 1. The molecule has 1 saturated heterocycles. The van der Waals surface area contributed by atoms with Crippen LogP contribution in [0.15, 0.2) is 65.7 Å². The zero-order valence-electron chi connectivity index (χ0n) is 15.8. The summed E-state index contributed by atoms with van der Waals surface area (Å²) in [5, 5.41) is 4.31. The van der Waals surface area contributed by atoms with Crippen molar-refractivity contribution in [3.05, 3.63) is 78.1 Å². The summed E-state index contributed by atoms with van der Waals surface area (Å²) in [6, 6.07) is 13.4. The Morgan fingerprint density at radius 2 is 1.60 bits per heavy atom. The van der Waals surface area contributed by atoms with Crippen LogP contribution in [-0.2, 0) is 10.0 Å². The molecule has 1 aromatic heterocycles. The third-order valence-electron chi connectivity index (χ3n) is 4.88. The van der Waals surface area contributed by atoms with Crippen LogP contribution in [0.3, 0.4) is 0 Å². The Hall–Kier alpha value is -3.11. The van der Waals surface area contributed by atoms with Gasteiger partial charge in [0.2, 0.25) is 10.0 Å². The molecule has 0 spiro atoms. The van der Waals surface area contributed by atoms with Crippen LogP contribution in [0.25, 0.3) is 5.69 Å². The van der Waals surface area contributed by atoms with Crippen LogP contribution < -0.4 is 0 Å². The molecular formula is C20H18F2N4O3S. The highest BCUT2D eigenvalue weighted by Gasteiger charge is 2.31. The third-order valence-corrected chi connectivity index (χ3v) is 6.78. The first-order valence-corrected chi connectivity index (χ1v) is 10.7. The fraction of sp³-hybridized carbons (Fsp3) is 0.200. The molecule has 0 unspecified atom stereocenters. The quantitative estimate of drug-likeness (QED) is 0.634. The molecule has 1 aliphatic heterocycles. The molecule has 2 heterocycles. The highest BCUT2D eigenvalue weighted by molar-refractivity contribution is 7.89. The average molecular weight is 432 g/mol. The Bertz CT molecular complexity index is 1170. The monoisotopic (exact) mass is 432 g/mol. The maximum Gasteiger partial charge on any atom is 0.274 e. The van der Waals surface area contributed by atoms with Crippen molar-refractivity contribution < 1.29 is 22.0 Å². The largest absolute Gasteiger partial charge is 0.335 e. The molecular weight excluding hydrogens is 414 g/mol. The van der Waals surface area contributed by atoms with E-state index in [9.17, 15) is 22.0 Å². The molecule has 156 valence electrons. The van der Waals surface area contributed by atoms with E-state index in [1.807, 2.05) is 30.3 Å². The van der Waals surface area contributed by atoms with Gasteiger partial charge in [0.25, 0.3) is 5.91 Å². The van der Waals surface area contributed by atoms with E-state index in [-0.39, 0.29) is 42.7 Å². The van der Waals surface area contributed by atoms with E-state index < -0.39 is 21.7 Å². The molecule has 10 heteroatoms. The number of rotatable bonds is 4. The van der Waals surface area contributed by atoms with Crippen molar-refractivity contribution in [1.29, 1.82) is 0 Å². The summed E-state index contributed by atoms with van der Waals surface area (Å²) in [5.74, 6) is -2.63. The van der Waals surface area contributed by atoms with Gasteiger partial charge in [-0.15, -0.1) is 0 Å². The molecule has 4 rings (SSSR count). The molecule has 1 aliphatic rings. The number of benzene rings is 2. The number of aromatic nitrogens is 2. The smallest absolute Gasteiger partial charge is 0.274 e. The van der Waals surface area contributed by atoms with Crippen molar-refractivity contribution in [3.8, 4) is 5.69 Å². The maximum atomic E-state index is 13.4. The minimum atomic E-state index is -3.98.